The van der Waals surface area contributed by atoms with E-state index in [1.54, 1.807) is 0 Å². The second-order valence-electron chi connectivity index (χ2n) is 3.40. The quantitative estimate of drug-likeness (QED) is 0.766. The zero-order valence-electron chi connectivity index (χ0n) is 7.53. The van der Waals surface area contributed by atoms with Crippen LogP contribution in [0.25, 0.3) is 0 Å². The summed E-state index contributed by atoms with van der Waals surface area (Å²) in [6.45, 7) is 0.548. The molecule has 1 aliphatic rings. The van der Waals surface area contributed by atoms with Gasteiger partial charge in [-0.2, -0.15) is 5.26 Å². The van der Waals surface area contributed by atoms with E-state index in [4.69, 9.17) is 10.4 Å². The van der Waals surface area contributed by atoms with E-state index in [2.05, 4.69) is 21.6 Å². The minimum atomic E-state index is -0.176. The van der Waals surface area contributed by atoms with Gasteiger partial charge in [0.1, 0.15) is 5.01 Å². The zero-order chi connectivity index (χ0) is 10.0. The Kier molecular flexibility index (Phi) is 2.35. The number of nitrogens with zero attached hydrogens (tertiary/aromatic N) is 3. The topological polar surface area (TPSA) is 81.8 Å². The maximum Gasteiger partial charge on any atom is 0.205 e. The van der Waals surface area contributed by atoms with E-state index in [-0.39, 0.29) is 12.0 Å². The van der Waals surface area contributed by atoms with Crippen molar-refractivity contribution in [2.24, 2.45) is 5.41 Å². The Morgan fingerprint density at radius 2 is 2.36 bits per heavy atom. The molecular weight excluding hydrogens is 200 g/mol. The lowest BCUT2D eigenvalue weighted by Crippen LogP contribution is -2.13. The average Bonchev–Trinajstić information content (AvgIpc) is 2.86. The highest BCUT2D eigenvalue weighted by molar-refractivity contribution is 7.15. The first-order valence-electron chi connectivity index (χ1n) is 4.36. The first-order valence-corrected chi connectivity index (χ1v) is 5.18. The number of aromatic nitrogens is 2. The summed E-state index contributed by atoms with van der Waals surface area (Å²) in [5.74, 6) is 0. The van der Waals surface area contributed by atoms with Crippen molar-refractivity contribution in [3.63, 3.8) is 0 Å². The fourth-order valence-corrected chi connectivity index (χ4v) is 1.71. The third-order valence-electron chi connectivity index (χ3n) is 2.27. The molecule has 1 aromatic rings. The summed E-state index contributed by atoms with van der Waals surface area (Å²) in [5, 5.41) is 29.5. The summed E-state index contributed by atoms with van der Waals surface area (Å²) in [7, 11) is 0. The maximum atomic E-state index is 8.82. The molecule has 1 aliphatic carbocycles. The normalized spacial score (nSPS) is 17.4. The van der Waals surface area contributed by atoms with Crippen LogP contribution in [0.3, 0.4) is 0 Å². The monoisotopic (exact) mass is 210 g/mol. The van der Waals surface area contributed by atoms with Crippen molar-refractivity contribution in [2.75, 3.05) is 11.9 Å². The summed E-state index contributed by atoms with van der Waals surface area (Å²) in [4.78, 5) is 0. The minimum Gasteiger partial charge on any atom is -0.389 e. The Balaban J connectivity index is 1.89. The fraction of sp³-hybridized carbons (Fsp3) is 0.625. The highest BCUT2D eigenvalue weighted by Gasteiger charge is 2.43. The molecule has 5 nitrogen and oxygen atoms in total. The Morgan fingerprint density at radius 3 is 2.86 bits per heavy atom. The first-order chi connectivity index (χ1) is 6.78. The summed E-state index contributed by atoms with van der Waals surface area (Å²) < 4.78 is 0. The van der Waals surface area contributed by atoms with Crippen LogP contribution in [0.15, 0.2) is 0 Å². The van der Waals surface area contributed by atoms with Crippen LogP contribution in [0.2, 0.25) is 0 Å². The van der Waals surface area contributed by atoms with Gasteiger partial charge in [-0.3, -0.25) is 0 Å². The molecule has 2 rings (SSSR count). The van der Waals surface area contributed by atoms with Gasteiger partial charge in [-0.1, -0.05) is 11.3 Å². The molecule has 1 fully saturated rings. The predicted molar refractivity (Wildman–Crippen MR) is 51.6 cm³/mol. The maximum absolute atomic E-state index is 8.82. The third-order valence-corrected chi connectivity index (χ3v) is 3.14. The van der Waals surface area contributed by atoms with E-state index in [1.165, 1.54) is 11.3 Å². The highest BCUT2D eigenvalue weighted by atomic mass is 32.1. The molecule has 1 heterocycles. The Hall–Kier alpha value is -1.19. The van der Waals surface area contributed by atoms with Crippen LogP contribution in [0, 0.1) is 16.7 Å². The van der Waals surface area contributed by atoms with Crippen LogP contribution in [0.1, 0.15) is 17.8 Å². The van der Waals surface area contributed by atoms with Gasteiger partial charge in [-0.25, -0.2) is 0 Å². The molecule has 14 heavy (non-hydrogen) atoms. The summed E-state index contributed by atoms with van der Waals surface area (Å²) in [5.41, 5.74) is -0.176. The number of hydrogen-bond donors (Lipinski definition) is 2. The van der Waals surface area contributed by atoms with E-state index >= 15 is 0 Å². The fourth-order valence-electron chi connectivity index (χ4n) is 1.11. The van der Waals surface area contributed by atoms with Gasteiger partial charge in [0, 0.05) is 6.54 Å². The van der Waals surface area contributed by atoms with Crippen molar-refractivity contribution in [2.45, 2.75) is 19.4 Å². The van der Waals surface area contributed by atoms with Crippen LogP contribution in [-0.4, -0.2) is 21.8 Å². The van der Waals surface area contributed by atoms with Crippen LogP contribution in [0.4, 0.5) is 5.13 Å². The molecule has 2 N–H and O–H groups in total. The van der Waals surface area contributed by atoms with Crippen molar-refractivity contribution in [1.82, 2.24) is 10.2 Å². The lowest BCUT2D eigenvalue weighted by Gasteiger charge is -2.04. The standard InChI is InChI=1S/C8H10N4OS/c9-4-8(1-2-8)5-10-7-12-11-6(3-13)14-7/h13H,1-3,5H2,(H,10,12). The number of nitrogens with one attached hydrogen (secondary N) is 1. The molecule has 74 valence electrons. The van der Waals surface area contributed by atoms with E-state index in [1.807, 2.05) is 0 Å². The second kappa shape index (κ2) is 3.52. The molecule has 0 bridgehead atoms. The summed E-state index contributed by atoms with van der Waals surface area (Å²) in [6, 6.07) is 2.29. The number of rotatable bonds is 4. The summed E-state index contributed by atoms with van der Waals surface area (Å²) in [6.07, 6.45) is 1.92. The molecule has 0 spiro atoms. The Labute approximate surface area is 85.4 Å². The van der Waals surface area contributed by atoms with Crippen molar-refractivity contribution >= 4 is 16.5 Å². The zero-order valence-corrected chi connectivity index (χ0v) is 8.34. The molecule has 1 saturated carbocycles. The molecule has 0 unspecified atom stereocenters. The Bertz CT molecular complexity index is 366. The largest absolute Gasteiger partial charge is 0.389 e. The van der Waals surface area contributed by atoms with Gasteiger partial charge in [0.2, 0.25) is 5.13 Å². The highest BCUT2D eigenvalue weighted by Crippen LogP contribution is 2.44. The minimum absolute atomic E-state index is 0.0806. The van der Waals surface area contributed by atoms with Crippen LogP contribution in [-0.2, 0) is 6.61 Å². The van der Waals surface area contributed by atoms with Crippen LogP contribution >= 0.6 is 11.3 Å². The van der Waals surface area contributed by atoms with E-state index in [9.17, 15) is 0 Å². The molecule has 0 aromatic carbocycles. The van der Waals surface area contributed by atoms with Crippen molar-refractivity contribution in [3.8, 4) is 6.07 Å². The van der Waals surface area contributed by atoms with Gasteiger partial charge in [-0.05, 0) is 12.8 Å². The van der Waals surface area contributed by atoms with Gasteiger partial charge < -0.3 is 10.4 Å². The number of aliphatic hydroxyl groups is 1. The molecule has 0 saturated heterocycles. The number of hydrogen-bond acceptors (Lipinski definition) is 6. The van der Waals surface area contributed by atoms with Crippen molar-refractivity contribution < 1.29 is 5.11 Å². The lowest BCUT2D eigenvalue weighted by molar-refractivity contribution is 0.280. The average molecular weight is 210 g/mol. The third kappa shape index (κ3) is 1.84. The predicted octanol–water partition coefficient (Wildman–Crippen LogP) is 0.746. The molecule has 0 aliphatic heterocycles. The van der Waals surface area contributed by atoms with Gasteiger partial charge in [-0.15, -0.1) is 10.2 Å². The summed E-state index contributed by atoms with van der Waals surface area (Å²) >= 11 is 1.32. The van der Waals surface area contributed by atoms with Crippen molar-refractivity contribution in [1.29, 1.82) is 5.26 Å². The number of anilines is 1. The molecule has 6 heteroatoms. The SMILES string of the molecule is N#CC1(CNc2nnc(CO)s2)CC1. The van der Waals surface area contributed by atoms with Gasteiger partial charge in [0.05, 0.1) is 18.1 Å². The number of aliphatic hydroxyl groups excluding tert-OH is 1. The van der Waals surface area contributed by atoms with E-state index < -0.39 is 0 Å². The number of nitriles is 1. The molecule has 0 amide bonds. The van der Waals surface area contributed by atoms with Crippen LogP contribution < -0.4 is 5.32 Å². The second-order valence-corrected chi connectivity index (χ2v) is 4.47. The van der Waals surface area contributed by atoms with E-state index in [0.717, 1.165) is 12.8 Å². The molecule has 1 aromatic heterocycles. The first kappa shape index (κ1) is 9.37. The Morgan fingerprint density at radius 1 is 1.57 bits per heavy atom. The smallest absolute Gasteiger partial charge is 0.205 e. The van der Waals surface area contributed by atoms with Crippen LogP contribution in [0.5, 0.6) is 0 Å². The van der Waals surface area contributed by atoms with Gasteiger partial charge in [0.25, 0.3) is 0 Å². The van der Waals surface area contributed by atoms with E-state index in [0.29, 0.717) is 16.7 Å². The molecule has 0 radical (unpaired) electrons. The lowest BCUT2D eigenvalue weighted by atomic mass is 10.1. The molecule has 0 atom stereocenters. The van der Waals surface area contributed by atoms with Crippen molar-refractivity contribution in [3.05, 3.63) is 5.01 Å². The molecular formula is C8H10N4OS. The van der Waals surface area contributed by atoms with Gasteiger partial charge >= 0.3 is 0 Å². The van der Waals surface area contributed by atoms with Gasteiger partial charge in [0.15, 0.2) is 0 Å².